The lowest BCUT2D eigenvalue weighted by atomic mass is 10.1. The molecule has 0 aliphatic carbocycles. The van der Waals surface area contributed by atoms with Gasteiger partial charge < -0.3 is 5.32 Å². The van der Waals surface area contributed by atoms with Crippen molar-refractivity contribution in [3.05, 3.63) is 29.8 Å². The average molecular weight is 288 g/mol. The van der Waals surface area contributed by atoms with Crippen LogP contribution >= 0.6 is 0 Å². The Morgan fingerprint density at radius 2 is 1.76 bits per heavy atom. The first-order chi connectivity index (χ1) is 9.99. The maximum atomic E-state index is 11.9. The van der Waals surface area contributed by atoms with E-state index in [0.717, 1.165) is 4.90 Å². The zero-order valence-electron chi connectivity index (χ0n) is 11.7. The summed E-state index contributed by atoms with van der Waals surface area (Å²) in [6.45, 7) is 1.50. The van der Waals surface area contributed by atoms with E-state index in [-0.39, 0.29) is 49.3 Å². The first-order valence-corrected chi connectivity index (χ1v) is 6.72. The number of amides is 3. The summed E-state index contributed by atoms with van der Waals surface area (Å²) >= 11 is 0. The minimum atomic E-state index is -0.337. The summed E-state index contributed by atoms with van der Waals surface area (Å²) in [6.07, 6.45) is 0.449. The standard InChI is InChI=1S/C15H16N2O4/c1-10(18)11-4-2-3-5-12(11)16-13(19)8-9-17-14(20)6-7-15(17)21/h2-5H,6-9H2,1H3,(H,16,19). The summed E-state index contributed by atoms with van der Waals surface area (Å²) < 4.78 is 0. The number of carbonyl (C=O) groups excluding carboxylic acids is 4. The van der Waals surface area contributed by atoms with Crippen LogP contribution in [0.25, 0.3) is 0 Å². The van der Waals surface area contributed by atoms with Gasteiger partial charge in [0, 0.05) is 31.4 Å². The largest absolute Gasteiger partial charge is 0.325 e. The van der Waals surface area contributed by atoms with Gasteiger partial charge in [0.2, 0.25) is 17.7 Å². The number of Topliss-reactive ketones (excluding diaryl/α,β-unsaturated/α-hetero) is 1. The average Bonchev–Trinajstić information content (AvgIpc) is 2.76. The molecule has 1 aliphatic rings. The highest BCUT2D eigenvalue weighted by molar-refractivity contribution is 6.04. The number of hydrogen-bond acceptors (Lipinski definition) is 4. The smallest absolute Gasteiger partial charge is 0.229 e. The van der Waals surface area contributed by atoms with Crippen LogP contribution < -0.4 is 5.32 Å². The number of benzene rings is 1. The van der Waals surface area contributed by atoms with E-state index in [1.54, 1.807) is 24.3 Å². The Morgan fingerprint density at radius 3 is 2.38 bits per heavy atom. The zero-order valence-corrected chi connectivity index (χ0v) is 11.7. The molecule has 0 bridgehead atoms. The number of nitrogens with one attached hydrogen (secondary N) is 1. The summed E-state index contributed by atoms with van der Waals surface area (Å²) in [4.78, 5) is 47.3. The van der Waals surface area contributed by atoms with Gasteiger partial charge in [-0.2, -0.15) is 0 Å². The van der Waals surface area contributed by atoms with Crippen molar-refractivity contribution in [1.82, 2.24) is 4.90 Å². The van der Waals surface area contributed by atoms with Gasteiger partial charge in [0.05, 0.1) is 5.69 Å². The quantitative estimate of drug-likeness (QED) is 0.655. The number of ketones is 1. The molecule has 0 saturated carbocycles. The van der Waals surface area contributed by atoms with E-state index in [0.29, 0.717) is 11.3 Å². The minimum Gasteiger partial charge on any atom is -0.325 e. The molecule has 1 aromatic rings. The lowest BCUT2D eigenvalue weighted by Crippen LogP contribution is -2.32. The molecule has 0 spiro atoms. The van der Waals surface area contributed by atoms with Crippen LogP contribution in [-0.2, 0) is 14.4 Å². The van der Waals surface area contributed by atoms with Crippen LogP contribution in [0.5, 0.6) is 0 Å². The Morgan fingerprint density at radius 1 is 1.14 bits per heavy atom. The Kier molecular flexibility index (Phi) is 4.47. The predicted octanol–water partition coefficient (Wildman–Crippen LogP) is 1.37. The van der Waals surface area contributed by atoms with Gasteiger partial charge >= 0.3 is 0 Å². The van der Waals surface area contributed by atoms with Crippen LogP contribution in [0, 0.1) is 0 Å². The van der Waals surface area contributed by atoms with Crippen LogP contribution in [0.4, 0.5) is 5.69 Å². The molecule has 0 atom stereocenters. The van der Waals surface area contributed by atoms with Crippen molar-refractivity contribution < 1.29 is 19.2 Å². The van der Waals surface area contributed by atoms with Crippen LogP contribution in [0.1, 0.15) is 36.5 Å². The van der Waals surface area contributed by atoms with E-state index in [9.17, 15) is 19.2 Å². The van der Waals surface area contributed by atoms with Gasteiger partial charge in [-0.3, -0.25) is 24.1 Å². The Hall–Kier alpha value is -2.50. The number of nitrogens with zero attached hydrogens (tertiary/aromatic N) is 1. The van der Waals surface area contributed by atoms with Crippen LogP contribution in [0.2, 0.25) is 0 Å². The molecule has 1 aliphatic heterocycles. The second-order valence-corrected chi connectivity index (χ2v) is 4.84. The maximum absolute atomic E-state index is 11.9. The number of hydrogen-bond donors (Lipinski definition) is 1. The second kappa shape index (κ2) is 6.30. The number of imide groups is 1. The first kappa shape index (κ1) is 14.9. The van der Waals surface area contributed by atoms with E-state index in [2.05, 4.69) is 5.32 Å². The van der Waals surface area contributed by atoms with Crippen molar-refractivity contribution in [2.45, 2.75) is 26.2 Å². The minimum absolute atomic E-state index is 0.0176. The lowest BCUT2D eigenvalue weighted by molar-refractivity contribution is -0.138. The molecule has 2 rings (SSSR count). The Bertz CT molecular complexity index is 593. The van der Waals surface area contributed by atoms with E-state index in [1.807, 2.05) is 0 Å². The van der Waals surface area contributed by atoms with Gasteiger partial charge in [-0.15, -0.1) is 0 Å². The molecule has 6 nitrogen and oxygen atoms in total. The van der Waals surface area contributed by atoms with Crippen LogP contribution in [0.3, 0.4) is 0 Å². The summed E-state index contributed by atoms with van der Waals surface area (Å²) in [5.74, 6) is -0.958. The summed E-state index contributed by atoms with van der Waals surface area (Å²) in [5, 5.41) is 2.64. The first-order valence-electron chi connectivity index (χ1n) is 6.72. The fourth-order valence-electron chi connectivity index (χ4n) is 2.20. The van der Waals surface area contributed by atoms with Gasteiger partial charge in [0.1, 0.15) is 0 Å². The fourth-order valence-corrected chi connectivity index (χ4v) is 2.20. The van der Waals surface area contributed by atoms with Crippen molar-refractivity contribution in [2.75, 3.05) is 11.9 Å². The van der Waals surface area contributed by atoms with Gasteiger partial charge in [0.15, 0.2) is 5.78 Å². The molecular weight excluding hydrogens is 272 g/mol. The van der Waals surface area contributed by atoms with Gasteiger partial charge in [-0.1, -0.05) is 12.1 Å². The molecule has 21 heavy (non-hydrogen) atoms. The third-order valence-corrected chi connectivity index (χ3v) is 3.30. The molecule has 1 N–H and O–H groups in total. The van der Waals surface area contributed by atoms with Crippen LogP contribution in [0.15, 0.2) is 24.3 Å². The summed E-state index contributed by atoms with van der Waals surface area (Å²) in [5.41, 5.74) is 0.869. The number of rotatable bonds is 5. The topological polar surface area (TPSA) is 83.6 Å². The SMILES string of the molecule is CC(=O)c1ccccc1NC(=O)CCN1C(=O)CCC1=O. The molecule has 1 saturated heterocycles. The molecule has 1 fully saturated rings. The van der Waals surface area contributed by atoms with E-state index < -0.39 is 0 Å². The molecule has 0 aromatic heterocycles. The number of para-hydroxylation sites is 1. The number of carbonyl (C=O) groups is 4. The molecule has 0 unspecified atom stereocenters. The molecule has 1 aromatic carbocycles. The van der Waals surface area contributed by atoms with E-state index >= 15 is 0 Å². The number of likely N-dealkylation sites (tertiary alicyclic amines) is 1. The molecule has 0 radical (unpaired) electrons. The van der Waals surface area contributed by atoms with Crippen LogP contribution in [-0.4, -0.2) is 34.9 Å². The van der Waals surface area contributed by atoms with Gasteiger partial charge in [0.25, 0.3) is 0 Å². The molecule has 110 valence electrons. The van der Waals surface area contributed by atoms with Crippen molar-refractivity contribution >= 4 is 29.2 Å². The molecule has 1 heterocycles. The maximum Gasteiger partial charge on any atom is 0.229 e. The highest BCUT2D eigenvalue weighted by Crippen LogP contribution is 2.16. The third kappa shape index (κ3) is 3.53. The number of anilines is 1. The van der Waals surface area contributed by atoms with Crippen molar-refractivity contribution in [2.24, 2.45) is 0 Å². The molecular formula is C15H16N2O4. The van der Waals surface area contributed by atoms with Crippen molar-refractivity contribution in [1.29, 1.82) is 0 Å². The summed E-state index contributed by atoms with van der Waals surface area (Å²) in [6, 6.07) is 6.70. The normalized spacial score (nSPS) is 14.4. The van der Waals surface area contributed by atoms with Crippen molar-refractivity contribution in [3.8, 4) is 0 Å². The predicted molar refractivity (Wildman–Crippen MR) is 75.6 cm³/mol. The van der Waals surface area contributed by atoms with E-state index in [1.165, 1.54) is 6.92 Å². The molecule has 3 amide bonds. The molecule has 6 heteroatoms. The lowest BCUT2D eigenvalue weighted by Gasteiger charge is -2.14. The summed E-state index contributed by atoms with van der Waals surface area (Å²) in [7, 11) is 0. The zero-order chi connectivity index (χ0) is 15.4. The second-order valence-electron chi connectivity index (χ2n) is 4.84. The Labute approximate surface area is 122 Å². The third-order valence-electron chi connectivity index (χ3n) is 3.30. The Balaban J connectivity index is 1.95. The fraction of sp³-hybridized carbons (Fsp3) is 0.333. The highest BCUT2D eigenvalue weighted by atomic mass is 16.2. The van der Waals surface area contributed by atoms with Gasteiger partial charge in [-0.25, -0.2) is 0 Å². The van der Waals surface area contributed by atoms with Gasteiger partial charge in [-0.05, 0) is 19.1 Å². The van der Waals surface area contributed by atoms with Crippen molar-refractivity contribution in [3.63, 3.8) is 0 Å². The monoisotopic (exact) mass is 288 g/mol. The highest BCUT2D eigenvalue weighted by Gasteiger charge is 2.28. The van der Waals surface area contributed by atoms with E-state index in [4.69, 9.17) is 0 Å².